The van der Waals surface area contributed by atoms with Crippen molar-refractivity contribution < 1.29 is 4.79 Å². The maximum Gasteiger partial charge on any atom is 0.270 e. The number of nitrogens with zero attached hydrogens (tertiary/aromatic N) is 4. The fourth-order valence-electron chi connectivity index (χ4n) is 5.05. The second kappa shape index (κ2) is 11.1. The standard InChI is InChI=1S/C29H27N5O.2ClH/c1-32-26-10-6-5-9-23(26)16-28(32)29(35)34-14-13-33(19-25-17-30-20-31-25)27-12-11-22(15-24(27)18-34)21-7-3-2-4-8-21;;/h2-12,15-17,20H,13-14,18-19H2,1H3,(H,30,31);2*1H. The zero-order valence-corrected chi connectivity index (χ0v) is 22.1. The van der Waals surface area contributed by atoms with Gasteiger partial charge in [0.15, 0.2) is 0 Å². The van der Waals surface area contributed by atoms with Gasteiger partial charge in [0, 0.05) is 49.5 Å². The Hall–Kier alpha value is -3.74. The number of hydrogen-bond acceptors (Lipinski definition) is 3. The van der Waals surface area contributed by atoms with Gasteiger partial charge in [-0.15, -0.1) is 24.8 Å². The van der Waals surface area contributed by atoms with Crippen LogP contribution in [-0.2, 0) is 20.1 Å². The predicted molar refractivity (Wildman–Crippen MR) is 154 cm³/mol. The number of carbonyl (C=O) groups is 1. The highest BCUT2D eigenvalue weighted by molar-refractivity contribution is 5.99. The van der Waals surface area contributed by atoms with Gasteiger partial charge in [-0.25, -0.2) is 4.98 Å². The lowest BCUT2D eigenvalue weighted by atomic mass is 10.0. The molecule has 2 aromatic heterocycles. The van der Waals surface area contributed by atoms with Crippen LogP contribution in [0.4, 0.5) is 5.69 Å². The summed E-state index contributed by atoms with van der Waals surface area (Å²) in [5.74, 6) is 0.0585. The van der Waals surface area contributed by atoms with E-state index < -0.39 is 0 Å². The topological polar surface area (TPSA) is 57.2 Å². The average Bonchev–Trinajstić information content (AvgIpc) is 3.49. The van der Waals surface area contributed by atoms with E-state index in [2.05, 4.69) is 69.5 Å². The Morgan fingerprint density at radius 2 is 1.70 bits per heavy atom. The Balaban J connectivity index is 0.00000160. The van der Waals surface area contributed by atoms with Gasteiger partial charge in [0.25, 0.3) is 5.91 Å². The van der Waals surface area contributed by atoms with Crippen LogP contribution in [0, 0.1) is 0 Å². The number of anilines is 1. The number of benzene rings is 3. The molecule has 0 bridgehead atoms. The van der Waals surface area contributed by atoms with E-state index in [1.54, 1.807) is 6.33 Å². The molecule has 0 spiro atoms. The van der Waals surface area contributed by atoms with Gasteiger partial charge in [-0.05, 0) is 41.0 Å². The zero-order chi connectivity index (χ0) is 23.8. The van der Waals surface area contributed by atoms with E-state index in [-0.39, 0.29) is 30.7 Å². The van der Waals surface area contributed by atoms with Gasteiger partial charge in [0.05, 0.1) is 18.6 Å². The van der Waals surface area contributed by atoms with E-state index in [9.17, 15) is 4.79 Å². The van der Waals surface area contributed by atoms with Gasteiger partial charge in [0.2, 0.25) is 0 Å². The van der Waals surface area contributed by atoms with Crippen LogP contribution in [-0.4, -0.2) is 38.4 Å². The normalized spacial score (nSPS) is 12.9. The Morgan fingerprint density at radius 3 is 2.46 bits per heavy atom. The van der Waals surface area contributed by atoms with Crippen molar-refractivity contribution in [2.75, 3.05) is 18.0 Å². The predicted octanol–water partition coefficient (Wildman–Crippen LogP) is 6.07. The van der Waals surface area contributed by atoms with E-state index in [1.165, 1.54) is 5.56 Å². The fourth-order valence-corrected chi connectivity index (χ4v) is 5.05. The maximum absolute atomic E-state index is 13.8. The summed E-state index contributed by atoms with van der Waals surface area (Å²) in [6.45, 7) is 2.67. The van der Waals surface area contributed by atoms with Crippen LogP contribution in [0.1, 0.15) is 21.7 Å². The van der Waals surface area contributed by atoms with Crippen molar-refractivity contribution in [3.05, 3.63) is 108 Å². The number of aryl methyl sites for hydroxylation is 1. The molecule has 1 aliphatic rings. The molecule has 1 aliphatic heterocycles. The second-order valence-corrected chi connectivity index (χ2v) is 9.08. The first kappa shape index (κ1) is 26.3. The van der Waals surface area contributed by atoms with E-state index in [1.807, 2.05) is 47.0 Å². The van der Waals surface area contributed by atoms with E-state index >= 15 is 0 Å². The molecule has 0 saturated carbocycles. The number of H-pyrrole nitrogens is 1. The number of aromatic amines is 1. The molecule has 0 atom stereocenters. The van der Waals surface area contributed by atoms with Crippen molar-refractivity contribution >= 4 is 47.3 Å². The Labute approximate surface area is 228 Å². The van der Waals surface area contributed by atoms with Gasteiger partial charge in [-0.2, -0.15) is 0 Å². The molecule has 0 unspecified atom stereocenters. The quantitative estimate of drug-likeness (QED) is 0.304. The summed E-state index contributed by atoms with van der Waals surface area (Å²) in [7, 11) is 1.97. The first-order chi connectivity index (χ1) is 17.2. The SMILES string of the molecule is Cl.Cl.Cn1c(C(=O)N2CCN(Cc3cnc[nH]3)c3ccc(-c4ccccc4)cc3C2)cc2ccccc21. The number of hydrogen-bond donors (Lipinski definition) is 1. The third kappa shape index (κ3) is 5.08. The van der Waals surface area contributed by atoms with Crippen molar-refractivity contribution in [3.8, 4) is 11.1 Å². The van der Waals surface area contributed by atoms with Crippen LogP contribution >= 0.6 is 24.8 Å². The Bertz CT molecular complexity index is 1500. The highest BCUT2D eigenvalue weighted by Crippen LogP contribution is 2.32. The highest BCUT2D eigenvalue weighted by Gasteiger charge is 2.26. The van der Waals surface area contributed by atoms with Crippen LogP contribution in [0.5, 0.6) is 0 Å². The third-order valence-corrected chi connectivity index (χ3v) is 6.90. The average molecular weight is 534 g/mol. The summed E-state index contributed by atoms with van der Waals surface area (Å²) in [6.07, 6.45) is 3.57. The Kier molecular flexibility index (Phi) is 7.91. The molecule has 6 nitrogen and oxygen atoms in total. The number of aromatic nitrogens is 3. The lowest BCUT2D eigenvalue weighted by molar-refractivity contribution is 0.0742. The number of fused-ring (bicyclic) bond motifs is 2. The lowest BCUT2D eigenvalue weighted by Crippen LogP contribution is -2.36. The van der Waals surface area contributed by atoms with E-state index in [0.29, 0.717) is 25.3 Å². The second-order valence-electron chi connectivity index (χ2n) is 9.08. The van der Waals surface area contributed by atoms with E-state index in [4.69, 9.17) is 0 Å². The number of nitrogens with one attached hydrogen (secondary N) is 1. The molecule has 5 aromatic rings. The van der Waals surface area contributed by atoms with Crippen molar-refractivity contribution in [3.63, 3.8) is 0 Å². The van der Waals surface area contributed by atoms with Crippen LogP contribution in [0.3, 0.4) is 0 Å². The minimum atomic E-state index is 0. The molecule has 3 aromatic carbocycles. The molecule has 3 heterocycles. The molecular formula is C29H29Cl2N5O. The fraction of sp³-hybridized carbons (Fsp3) is 0.172. The van der Waals surface area contributed by atoms with Gasteiger partial charge in [0.1, 0.15) is 5.69 Å². The summed E-state index contributed by atoms with van der Waals surface area (Å²) in [5, 5.41) is 1.08. The monoisotopic (exact) mass is 533 g/mol. The van der Waals surface area contributed by atoms with Gasteiger partial charge >= 0.3 is 0 Å². The van der Waals surface area contributed by atoms with Crippen molar-refractivity contribution in [2.24, 2.45) is 7.05 Å². The maximum atomic E-state index is 13.8. The summed E-state index contributed by atoms with van der Waals surface area (Å²) in [5.41, 5.74) is 7.47. The molecule has 0 radical (unpaired) electrons. The number of para-hydroxylation sites is 1. The summed E-state index contributed by atoms with van der Waals surface area (Å²) >= 11 is 0. The van der Waals surface area contributed by atoms with E-state index in [0.717, 1.165) is 40.0 Å². The largest absolute Gasteiger partial charge is 0.364 e. The zero-order valence-electron chi connectivity index (χ0n) is 20.5. The van der Waals surface area contributed by atoms with Crippen LogP contribution < -0.4 is 4.90 Å². The lowest BCUT2D eigenvalue weighted by Gasteiger charge is -2.24. The van der Waals surface area contributed by atoms with Crippen molar-refractivity contribution in [2.45, 2.75) is 13.1 Å². The Morgan fingerprint density at radius 1 is 0.919 bits per heavy atom. The summed E-state index contributed by atoms with van der Waals surface area (Å²) in [4.78, 5) is 25.5. The molecule has 1 amide bonds. The molecule has 0 fully saturated rings. The number of rotatable bonds is 4. The first-order valence-corrected chi connectivity index (χ1v) is 11.9. The van der Waals surface area contributed by atoms with Gasteiger partial charge in [-0.3, -0.25) is 4.79 Å². The number of imidazole rings is 1. The first-order valence-electron chi connectivity index (χ1n) is 11.9. The summed E-state index contributed by atoms with van der Waals surface area (Å²) in [6, 6.07) is 27.1. The smallest absolute Gasteiger partial charge is 0.270 e. The van der Waals surface area contributed by atoms with Gasteiger partial charge in [-0.1, -0.05) is 54.6 Å². The minimum Gasteiger partial charge on any atom is -0.364 e. The molecule has 6 rings (SSSR count). The molecule has 37 heavy (non-hydrogen) atoms. The number of halogens is 2. The molecular weight excluding hydrogens is 505 g/mol. The van der Waals surface area contributed by atoms with Crippen LogP contribution in [0.25, 0.3) is 22.0 Å². The van der Waals surface area contributed by atoms with Crippen LogP contribution in [0.2, 0.25) is 0 Å². The molecule has 0 saturated heterocycles. The summed E-state index contributed by atoms with van der Waals surface area (Å²) < 4.78 is 2.01. The molecule has 190 valence electrons. The molecule has 1 N–H and O–H groups in total. The molecule has 0 aliphatic carbocycles. The van der Waals surface area contributed by atoms with Crippen molar-refractivity contribution in [1.82, 2.24) is 19.4 Å². The van der Waals surface area contributed by atoms with Crippen molar-refractivity contribution in [1.29, 1.82) is 0 Å². The third-order valence-electron chi connectivity index (χ3n) is 6.90. The highest BCUT2D eigenvalue weighted by atomic mass is 35.5. The van der Waals surface area contributed by atoms with Crippen LogP contribution in [0.15, 0.2) is 91.4 Å². The number of amides is 1. The number of carbonyl (C=O) groups excluding carboxylic acids is 1. The molecule has 8 heteroatoms. The minimum absolute atomic E-state index is 0. The van der Waals surface area contributed by atoms with Gasteiger partial charge < -0.3 is 19.4 Å².